The maximum Gasteiger partial charge on any atom is 0.272 e. The molecule has 1 aromatic carbocycles. The minimum absolute atomic E-state index is 0.0912. The van der Waals surface area contributed by atoms with E-state index in [1.807, 2.05) is 44.2 Å². The fraction of sp³-hybridized carbons (Fsp3) is 0.368. The van der Waals surface area contributed by atoms with Gasteiger partial charge in [0, 0.05) is 18.0 Å². The van der Waals surface area contributed by atoms with Gasteiger partial charge in [0.15, 0.2) is 5.82 Å². The average Bonchev–Trinajstić information content (AvgIpc) is 3.41. The van der Waals surface area contributed by atoms with E-state index in [0.29, 0.717) is 24.0 Å². The first-order valence-corrected chi connectivity index (χ1v) is 8.89. The number of hydrogen-bond donors (Lipinski definition) is 1. The Labute approximate surface area is 151 Å². The molecule has 1 atom stereocenters. The number of carbonyl (C=O) groups excluding carboxylic acids is 1. The summed E-state index contributed by atoms with van der Waals surface area (Å²) in [5, 5.41) is 11.2. The number of nitrogens with zero attached hydrogens (tertiary/aromatic N) is 4. The van der Waals surface area contributed by atoms with Gasteiger partial charge in [0.25, 0.3) is 5.91 Å². The van der Waals surface area contributed by atoms with E-state index in [4.69, 9.17) is 4.52 Å². The summed E-state index contributed by atoms with van der Waals surface area (Å²) in [7, 11) is 0. The lowest BCUT2D eigenvalue weighted by atomic mass is 10.1. The van der Waals surface area contributed by atoms with E-state index in [9.17, 15) is 4.79 Å². The van der Waals surface area contributed by atoms with E-state index in [1.54, 1.807) is 11.0 Å². The standard InChI is InChI=1S/C19H21N5O2/c1-12(2)17-20-18(26-23-17)16-9-6-10-24(16)19(25)15-11-14(21-22-15)13-7-4-3-5-8-13/h3-5,7-8,11-12,16H,6,9-10H2,1-2H3,(H,21,22). The molecule has 1 N–H and O–H groups in total. The lowest BCUT2D eigenvalue weighted by molar-refractivity contribution is 0.0704. The van der Waals surface area contributed by atoms with Crippen molar-refractivity contribution in [3.05, 3.63) is 53.8 Å². The normalized spacial score (nSPS) is 17.2. The topological polar surface area (TPSA) is 87.9 Å². The van der Waals surface area contributed by atoms with Gasteiger partial charge < -0.3 is 9.42 Å². The Kier molecular flexibility index (Phi) is 4.28. The molecule has 3 heterocycles. The highest BCUT2D eigenvalue weighted by atomic mass is 16.5. The molecule has 1 aliphatic rings. The third kappa shape index (κ3) is 3.00. The van der Waals surface area contributed by atoms with Crippen LogP contribution in [-0.4, -0.2) is 37.7 Å². The third-order valence-corrected chi connectivity index (χ3v) is 4.65. The molecule has 7 nitrogen and oxygen atoms in total. The molecular formula is C19H21N5O2. The predicted molar refractivity (Wildman–Crippen MR) is 95.4 cm³/mol. The molecule has 3 aromatic rings. The highest BCUT2D eigenvalue weighted by Gasteiger charge is 2.35. The Morgan fingerprint density at radius 2 is 2.12 bits per heavy atom. The molecular weight excluding hydrogens is 330 g/mol. The summed E-state index contributed by atoms with van der Waals surface area (Å²) in [5.74, 6) is 1.29. The zero-order chi connectivity index (χ0) is 18.1. The van der Waals surface area contributed by atoms with Crippen LogP contribution in [0.5, 0.6) is 0 Å². The second-order valence-electron chi connectivity index (χ2n) is 6.83. The number of H-pyrrole nitrogens is 1. The van der Waals surface area contributed by atoms with Crippen molar-refractivity contribution >= 4 is 5.91 Å². The quantitative estimate of drug-likeness (QED) is 0.776. The lowest BCUT2D eigenvalue weighted by Gasteiger charge is -2.20. The summed E-state index contributed by atoms with van der Waals surface area (Å²) in [6.07, 6.45) is 1.74. The molecule has 4 rings (SSSR count). The molecule has 0 bridgehead atoms. The van der Waals surface area contributed by atoms with Crippen LogP contribution in [0, 0.1) is 0 Å². The Bertz CT molecular complexity index is 900. The summed E-state index contributed by atoms with van der Waals surface area (Å²) in [4.78, 5) is 19.2. The van der Waals surface area contributed by atoms with E-state index >= 15 is 0 Å². The molecule has 0 spiro atoms. The molecule has 1 saturated heterocycles. The van der Waals surface area contributed by atoms with Gasteiger partial charge in [0.1, 0.15) is 11.7 Å². The van der Waals surface area contributed by atoms with Gasteiger partial charge >= 0.3 is 0 Å². The van der Waals surface area contributed by atoms with Crippen molar-refractivity contribution in [1.82, 2.24) is 25.2 Å². The highest BCUT2D eigenvalue weighted by Crippen LogP contribution is 2.33. The highest BCUT2D eigenvalue weighted by molar-refractivity contribution is 5.93. The molecule has 1 amide bonds. The largest absolute Gasteiger partial charge is 0.337 e. The number of aromatic amines is 1. The summed E-state index contributed by atoms with van der Waals surface area (Å²) in [6, 6.07) is 11.4. The zero-order valence-electron chi connectivity index (χ0n) is 14.8. The summed E-state index contributed by atoms with van der Waals surface area (Å²) >= 11 is 0. The fourth-order valence-corrected chi connectivity index (χ4v) is 3.23. The van der Waals surface area contributed by atoms with Crippen LogP contribution in [0.4, 0.5) is 0 Å². The van der Waals surface area contributed by atoms with Gasteiger partial charge in [-0.15, -0.1) is 0 Å². The first-order valence-electron chi connectivity index (χ1n) is 8.89. The maximum absolute atomic E-state index is 13.0. The van der Waals surface area contributed by atoms with Crippen LogP contribution < -0.4 is 0 Å². The van der Waals surface area contributed by atoms with Crippen LogP contribution in [0.3, 0.4) is 0 Å². The van der Waals surface area contributed by atoms with Crippen molar-refractivity contribution < 1.29 is 9.32 Å². The van der Waals surface area contributed by atoms with Crippen LogP contribution in [0.25, 0.3) is 11.3 Å². The van der Waals surface area contributed by atoms with Crippen LogP contribution in [0.1, 0.15) is 60.9 Å². The first kappa shape index (κ1) is 16.5. The summed E-state index contributed by atoms with van der Waals surface area (Å²) < 4.78 is 5.42. The third-order valence-electron chi connectivity index (χ3n) is 4.65. The van der Waals surface area contributed by atoms with Gasteiger partial charge in [-0.3, -0.25) is 9.89 Å². The molecule has 0 radical (unpaired) electrons. The van der Waals surface area contributed by atoms with E-state index in [2.05, 4.69) is 20.3 Å². The molecule has 2 aromatic heterocycles. The number of hydrogen-bond acceptors (Lipinski definition) is 5. The van der Waals surface area contributed by atoms with E-state index in [-0.39, 0.29) is 17.9 Å². The number of aromatic nitrogens is 4. The van der Waals surface area contributed by atoms with E-state index in [1.165, 1.54) is 0 Å². The average molecular weight is 351 g/mol. The second-order valence-corrected chi connectivity index (χ2v) is 6.83. The number of carbonyl (C=O) groups is 1. The van der Waals surface area contributed by atoms with Crippen LogP contribution in [-0.2, 0) is 0 Å². The van der Waals surface area contributed by atoms with Gasteiger partial charge in [0.05, 0.1) is 5.69 Å². The van der Waals surface area contributed by atoms with Gasteiger partial charge in [-0.25, -0.2) is 0 Å². The van der Waals surface area contributed by atoms with Gasteiger partial charge in [-0.2, -0.15) is 10.1 Å². The predicted octanol–water partition coefficient (Wildman–Crippen LogP) is 3.56. The maximum atomic E-state index is 13.0. The number of benzene rings is 1. The van der Waals surface area contributed by atoms with Crippen molar-refractivity contribution in [3.8, 4) is 11.3 Å². The molecule has 0 aliphatic carbocycles. The zero-order valence-corrected chi connectivity index (χ0v) is 14.8. The van der Waals surface area contributed by atoms with Crippen molar-refractivity contribution in [1.29, 1.82) is 0 Å². The van der Waals surface area contributed by atoms with Crippen molar-refractivity contribution in [2.45, 2.75) is 38.6 Å². The molecule has 1 fully saturated rings. The number of nitrogens with one attached hydrogen (secondary N) is 1. The van der Waals surface area contributed by atoms with Gasteiger partial charge in [0.2, 0.25) is 5.89 Å². The number of amides is 1. The lowest BCUT2D eigenvalue weighted by Crippen LogP contribution is -2.31. The van der Waals surface area contributed by atoms with Gasteiger partial charge in [-0.05, 0) is 18.9 Å². The molecule has 1 aliphatic heterocycles. The summed E-state index contributed by atoms with van der Waals surface area (Å²) in [6.45, 7) is 4.70. The van der Waals surface area contributed by atoms with Crippen LogP contribution in [0.15, 0.2) is 40.9 Å². The SMILES string of the molecule is CC(C)c1noc(C2CCCN2C(=O)c2cc(-c3ccccc3)n[nH]2)n1. The smallest absolute Gasteiger partial charge is 0.272 e. The monoisotopic (exact) mass is 351 g/mol. The Morgan fingerprint density at radius 3 is 2.85 bits per heavy atom. The Hall–Kier alpha value is -2.96. The Balaban J connectivity index is 1.56. The van der Waals surface area contributed by atoms with E-state index in [0.717, 1.165) is 24.1 Å². The van der Waals surface area contributed by atoms with Crippen molar-refractivity contribution in [2.24, 2.45) is 0 Å². The second kappa shape index (κ2) is 6.74. The van der Waals surface area contributed by atoms with Crippen LogP contribution in [0.2, 0.25) is 0 Å². The molecule has 7 heteroatoms. The van der Waals surface area contributed by atoms with Crippen molar-refractivity contribution in [2.75, 3.05) is 6.54 Å². The molecule has 26 heavy (non-hydrogen) atoms. The van der Waals surface area contributed by atoms with Gasteiger partial charge in [-0.1, -0.05) is 49.3 Å². The molecule has 134 valence electrons. The number of rotatable bonds is 4. The fourth-order valence-electron chi connectivity index (χ4n) is 3.23. The van der Waals surface area contributed by atoms with E-state index < -0.39 is 0 Å². The van der Waals surface area contributed by atoms with Crippen LogP contribution >= 0.6 is 0 Å². The van der Waals surface area contributed by atoms with Crippen molar-refractivity contribution in [3.63, 3.8) is 0 Å². The molecule has 0 saturated carbocycles. The first-order chi connectivity index (χ1) is 12.6. The molecule has 1 unspecified atom stereocenters. The number of likely N-dealkylation sites (tertiary alicyclic amines) is 1. The summed E-state index contributed by atoms with van der Waals surface area (Å²) in [5.41, 5.74) is 2.20. The Morgan fingerprint density at radius 1 is 1.31 bits per heavy atom. The minimum atomic E-state index is -0.175. The minimum Gasteiger partial charge on any atom is -0.337 e.